The number of benzene rings is 1. The normalized spacial score (nSPS) is 23.4. The molecule has 1 saturated heterocycles. The van der Waals surface area contributed by atoms with Crippen LogP contribution in [0.15, 0.2) is 18.2 Å². The van der Waals surface area contributed by atoms with E-state index in [1.54, 1.807) is 12.1 Å². The molecule has 1 aliphatic rings. The van der Waals surface area contributed by atoms with Crippen LogP contribution in [0.5, 0.6) is 11.5 Å². The molecule has 1 aromatic rings. The molecule has 2 N–H and O–H groups in total. The average molecular weight is 278 g/mol. The van der Waals surface area contributed by atoms with Crippen LogP contribution in [0.3, 0.4) is 0 Å². The van der Waals surface area contributed by atoms with Crippen molar-refractivity contribution in [1.29, 1.82) is 0 Å². The summed E-state index contributed by atoms with van der Waals surface area (Å²) >= 11 is 0. The van der Waals surface area contributed by atoms with Crippen LogP contribution in [0.2, 0.25) is 0 Å². The van der Waals surface area contributed by atoms with Crippen molar-refractivity contribution in [2.24, 2.45) is 0 Å². The predicted octanol–water partition coefficient (Wildman–Crippen LogP) is 2.31. The number of nitrogens with one attached hydrogen (secondary N) is 1. The quantitative estimate of drug-likeness (QED) is 0.890. The maximum atomic E-state index is 12.3. The summed E-state index contributed by atoms with van der Waals surface area (Å²) in [5, 5.41) is 11.7. The number of rotatable bonds is 3. The Morgan fingerprint density at radius 3 is 2.55 bits per heavy atom. The standard InChI is InChI=1S/C15H22N2O3/c1-10-5-4-6-11(2)17(10)16-15(19)12-7-8-14(20-3)13(18)9-12/h7-11,18H,4-6H2,1-3H3,(H,16,19). The molecular formula is C15H22N2O3. The molecule has 1 fully saturated rings. The molecule has 0 aromatic heterocycles. The van der Waals surface area contributed by atoms with Gasteiger partial charge in [0, 0.05) is 17.6 Å². The second-order valence-corrected chi connectivity index (χ2v) is 5.36. The molecule has 0 saturated carbocycles. The summed E-state index contributed by atoms with van der Waals surface area (Å²) in [6, 6.07) is 5.32. The highest BCUT2D eigenvalue weighted by atomic mass is 16.5. The van der Waals surface area contributed by atoms with Crippen molar-refractivity contribution in [3.63, 3.8) is 0 Å². The van der Waals surface area contributed by atoms with Crippen LogP contribution in [-0.2, 0) is 0 Å². The Labute approximate surface area is 119 Å². The Kier molecular flexibility index (Phi) is 4.49. The fourth-order valence-corrected chi connectivity index (χ4v) is 2.65. The maximum absolute atomic E-state index is 12.3. The molecule has 1 aliphatic heterocycles. The molecule has 5 heteroatoms. The fourth-order valence-electron chi connectivity index (χ4n) is 2.65. The van der Waals surface area contributed by atoms with Crippen LogP contribution in [0.4, 0.5) is 0 Å². The van der Waals surface area contributed by atoms with E-state index in [-0.39, 0.29) is 11.7 Å². The minimum absolute atomic E-state index is 0.0279. The number of hydrazine groups is 1. The van der Waals surface area contributed by atoms with Crippen molar-refractivity contribution in [1.82, 2.24) is 10.4 Å². The van der Waals surface area contributed by atoms with Gasteiger partial charge in [0.1, 0.15) is 0 Å². The van der Waals surface area contributed by atoms with Gasteiger partial charge in [0.2, 0.25) is 0 Å². The molecule has 2 atom stereocenters. The monoisotopic (exact) mass is 278 g/mol. The first-order valence-corrected chi connectivity index (χ1v) is 6.99. The molecule has 110 valence electrons. The van der Waals surface area contributed by atoms with Gasteiger partial charge in [0.15, 0.2) is 11.5 Å². The predicted molar refractivity (Wildman–Crippen MR) is 76.7 cm³/mol. The van der Waals surface area contributed by atoms with Gasteiger partial charge in [0.05, 0.1) is 7.11 Å². The van der Waals surface area contributed by atoms with Crippen LogP contribution < -0.4 is 10.2 Å². The molecule has 2 unspecified atom stereocenters. The third kappa shape index (κ3) is 3.04. The minimum Gasteiger partial charge on any atom is -0.504 e. The van der Waals surface area contributed by atoms with Gasteiger partial charge in [-0.25, -0.2) is 5.01 Å². The zero-order chi connectivity index (χ0) is 14.7. The number of nitrogens with zero attached hydrogens (tertiary/aromatic N) is 1. The van der Waals surface area contributed by atoms with Gasteiger partial charge in [-0.1, -0.05) is 6.42 Å². The number of phenolic OH excluding ortho intramolecular Hbond substituents is 1. The summed E-state index contributed by atoms with van der Waals surface area (Å²) in [5.74, 6) is 0.129. The van der Waals surface area contributed by atoms with Crippen LogP contribution in [0.1, 0.15) is 43.5 Å². The van der Waals surface area contributed by atoms with Gasteiger partial charge >= 0.3 is 0 Å². The third-order valence-electron chi connectivity index (χ3n) is 3.87. The molecule has 1 aromatic carbocycles. The van der Waals surface area contributed by atoms with E-state index in [9.17, 15) is 9.90 Å². The van der Waals surface area contributed by atoms with Gasteiger partial charge in [0.25, 0.3) is 5.91 Å². The lowest BCUT2D eigenvalue weighted by Crippen LogP contribution is -2.54. The highest BCUT2D eigenvalue weighted by molar-refractivity contribution is 5.94. The van der Waals surface area contributed by atoms with Crippen molar-refractivity contribution in [2.45, 2.75) is 45.2 Å². The lowest BCUT2D eigenvalue weighted by atomic mass is 10.00. The van der Waals surface area contributed by atoms with E-state index in [2.05, 4.69) is 19.3 Å². The SMILES string of the molecule is COc1ccc(C(=O)NN2C(C)CCCC2C)cc1O. The molecule has 1 amide bonds. The zero-order valence-electron chi connectivity index (χ0n) is 12.2. The van der Waals surface area contributed by atoms with Crippen molar-refractivity contribution < 1.29 is 14.6 Å². The van der Waals surface area contributed by atoms with E-state index in [0.717, 1.165) is 12.8 Å². The van der Waals surface area contributed by atoms with Gasteiger partial charge in [-0.3, -0.25) is 10.2 Å². The summed E-state index contributed by atoms with van der Waals surface area (Å²) in [4.78, 5) is 12.3. The van der Waals surface area contributed by atoms with Crippen LogP contribution in [0.25, 0.3) is 0 Å². The zero-order valence-corrected chi connectivity index (χ0v) is 12.2. The first-order chi connectivity index (χ1) is 9.52. The molecular weight excluding hydrogens is 256 g/mol. The summed E-state index contributed by atoms with van der Waals surface area (Å²) < 4.78 is 4.97. The van der Waals surface area contributed by atoms with E-state index in [1.807, 2.05) is 5.01 Å². The first kappa shape index (κ1) is 14.7. The second-order valence-electron chi connectivity index (χ2n) is 5.36. The van der Waals surface area contributed by atoms with Gasteiger partial charge < -0.3 is 9.84 Å². The molecule has 5 nitrogen and oxygen atoms in total. The summed E-state index contributed by atoms with van der Waals surface area (Å²) in [7, 11) is 1.48. The number of amides is 1. The van der Waals surface area contributed by atoms with E-state index in [4.69, 9.17) is 4.74 Å². The Balaban J connectivity index is 2.09. The number of aromatic hydroxyl groups is 1. The Bertz CT molecular complexity index is 480. The van der Waals surface area contributed by atoms with Crippen LogP contribution >= 0.6 is 0 Å². The van der Waals surface area contributed by atoms with Crippen LogP contribution in [0, 0.1) is 0 Å². The number of hydrogen-bond donors (Lipinski definition) is 2. The molecule has 0 spiro atoms. The summed E-state index contributed by atoms with van der Waals surface area (Å²) in [5.41, 5.74) is 3.37. The van der Waals surface area contributed by atoms with E-state index < -0.39 is 0 Å². The highest BCUT2D eigenvalue weighted by Gasteiger charge is 2.26. The smallest absolute Gasteiger partial charge is 0.265 e. The number of ether oxygens (including phenoxy) is 1. The van der Waals surface area contributed by atoms with Crippen LogP contribution in [-0.4, -0.2) is 35.2 Å². The largest absolute Gasteiger partial charge is 0.504 e. The summed E-state index contributed by atoms with van der Waals surface area (Å²) in [6.07, 6.45) is 3.36. The average Bonchev–Trinajstić information content (AvgIpc) is 2.42. The Hall–Kier alpha value is -1.75. The first-order valence-electron chi connectivity index (χ1n) is 6.99. The lowest BCUT2D eigenvalue weighted by Gasteiger charge is -2.38. The van der Waals surface area contributed by atoms with Gasteiger partial charge in [-0.05, 0) is 44.9 Å². The molecule has 0 bridgehead atoms. The minimum atomic E-state index is -0.205. The number of carbonyl (C=O) groups is 1. The van der Waals surface area contributed by atoms with Gasteiger partial charge in [-0.2, -0.15) is 0 Å². The van der Waals surface area contributed by atoms with Crippen molar-refractivity contribution in [2.75, 3.05) is 7.11 Å². The van der Waals surface area contributed by atoms with Crippen molar-refractivity contribution >= 4 is 5.91 Å². The molecule has 20 heavy (non-hydrogen) atoms. The van der Waals surface area contributed by atoms with E-state index >= 15 is 0 Å². The number of carbonyl (C=O) groups excluding carboxylic acids is 1. The lowest BCUT2D eigenvalue weighted by molar-refractivity contribution is 0.0369. The van der Waals surface area contributed by atoms with Crippen molar-refractivity contribution in [3.8, 4) is 11.5 Å². The molecule has 2 rings (SSSR count). The number of hydrogen-bond acceptors (Lipinski definition) is 4. The number of piperidine rings is 1. The highest BCUT2D eigenvalue weighted by Crippen LogP contribution is 2.26. The van der Waals surface area contributed by atoms with Gasteiger partial charge in [-0.15, -0.1) is 0 Å². The second kappa shape index (κ2) is 6.13. The van der Waals surface area contributed by atoms with Crippen molar-refractivity contribution in [3.05, 3.63) is 23.8 Å². The number of phenols is 1. The van der Waals surface area contributed by atoms with E-state index in [0.29, 0.717) is 23.4 Å². The molecule has 1 heterocycles. The topological polar surface area (TPSA) is 61.8 Å². The number of methoxy groups -OCH3 is 1. The molecule has 0 aliphatic carbocycles. The molecule has 0 radical (unpaired) electrons. The third-order valence-corrected chi connectivity index (χ3v) is 3.87. The Morgan fingerprint density at radius 1 is 1.35 bits per heavy atom. The maximum Gasteiger partial charge on any atom is 0.265 e. The summed E-state index contributed by atoms with van der Waals surface area (Å²) in [6.45, 7) is 4.23. The Morgan fingerprint density at radius 2 is 2.00 bits per heavy atom. The van der Waals surface area contributed by atoms with E-state index in [1.165, 1.54) is 19.6 Å². The fraction of sp³-hybridized carbons (Fsp3) is 0.533.